The van der Waals surface area contributed by atoms with E-state index in [9.17, 15) is 0 Å². The highest BCUT2D eigenvalue weighted by Gasteiger charge is 2.20. The predicted molar refractivity (Wildman–Crippen MR) is 78.7 cm³/mol. The second kappa shape index (κ2) is 6.67. The Balaban J connectivity index is 1.94. The highest BCUT2D eigenvalue weighted by molar-refractivity contribution is 5.95. The van der Waals surface area contributed by atoms with Gasteiger partial charge < -0.3 is 15.8 Å². The Labute approximate surface area is 119 Å². The molecule has 0 atom stereocenters. The third-order valence-electron chi connectivity index (χ3n) is 3.89. The first-order chi connectivity index (χ1) is 9.60. The van der Waals surface area contributed by atoms with Crippen molar-refractivity contribution in [2.75, 3.05) is 27.2 Å². The van der Waals surface area contributed by atoms with Gasteiger partial charge in [0.05, 0.1) is 0 Å². The first kappa shape index (κ1) is 14.7. The maximum absolute atomic E-state index is 8.69. The first-order valence-electron chi connectivity index (χ1n) is 6.91. The molecular weight excluding hydrogens is 254 g/mol. The smallest absolute Gasteiger partial charge is 0.188 e. The summed E-state index contributed by atoms with van der Waals surface area (Å²) in [6.07, 6.45) is 4.10. The Morgan fingerprint density at radius 2 is 2.20 bits per heavy atom. The molecule has 1 aliphatic rings. The third kappa shape index (κ3) is 3.68. The van der Waals surface area contributed by atoms with Crippen LogP contribution in [0.2, 0.25) is 0 Å². The second-order valence-corrected chi connectivity index (χ2v) is 5.51. The summed E-state index contributed by atoms with van der Waals surface area (Å²) < 4.78 is 0. The van der Waals surface area contributed by atoms with Crippen LogP contribution in [0.4, 0.5) is 0 Å². The van der Waals surface area contributed by atoms with Crippen LogP contribution in [0.5, 0.6) is 0 Å². The number of nitrogens with zero attached hydrogens (tertiary/aromatic N) is 4. The number of hydrogen-bond acceptors (Lipinski definition) is 5. The van der Waals surface area contributed by atoms with Gasteiger partial charge >= 0.3 is 0 Å². The van der Waals surface area contributed by atoms with E-state index in [1.165, 1.54) is 12.8 Å². The van der Waals surface area contributed by atoms with Gasteiger partial charge in [0.1, 0.15) is 5.69 Å². The quantitative estimate of drug-likeness (QED) is 0.367. The molecular formula is C14H23N5O. The Morgan fingerprint density at radius 3 is 2.80 bits per heavy atom. The van der Waals surface area contributed by atoms with Gasteiger partial charge in [-0.3, -0.25) is 9.88 Å². The molecule has 0 spiro atoms. The van der Waals surface area contributed by atoms with Gasteiger partial charge in [-0.05, 0) is 57.7 Å². The highest BCUT2D eigenvalue weighted by Crippen LogP contribution is 2.16. The Bertz CT molecular complexity index is 466. The van der Waals surface area contributed by atoms with Crippen LogP contribution >= 0.6 is 0 Å². The Morgan fingerprint density at radius 1 is 1.50 bits per heavy atom. The van der Waals surface area contributed by atoms with Gasteiger partial charge in [-0.15, -0.1) is 0 Å². The van der Waals surface area contributed by atoms with Crippen LogP contribution in [0.25, 0.3) is 0 Å². The van der Waals surface area contributed by atoms with Crippen molar-refractivity contribution < 1.29 is 5.21 Å². The monoisotopic (exact) mass is 277 g/mol. The minimum Gasteiger partial charge on any atom is -0.409 e. The molecule has 1 fully saturated rings. The van der Waals surface area contributed by atoms with Crippen molar-refractivity contribution in [2.24, 2.45) is 10.9 Å². The molecule has 0 aromatic carbocycles. The maximum atomic E-state index is 8.69. The highest BCUT2D eigenvalue weighted by atomic mass is 16.4. The zero-order valence-electron chi connectivity index (χ0n) is 12.2. The molecule has 0 saturated carbocycles. The molecule has 2 heterocycles. The number of hydrogen-bond donors (Lipinski definition) is 2. The predicted octanol–water partition coefficient (Wildman–Crippen LogP) is 0.702. The molecule has 0 radical (unpaired) electrons. The SMILES string of the molecule is CN(C)C1CCN(Cc2ccnc(C(N)=NO)c2)CC1. The molecule has 1 aromatic rings. The molecule has 6 heteroatoms. The molecule has 110 valence electrons. The number of oxime groups is 1. The van der Waals surface area contributed by atoms with Crippen LogP contribution in [0, 0.1) is 0 Å². The summed E-state index contributed by atoms with van der Waals surface area (Å²) in [5, 5.41) is 11.7. The van der Waals surface area contributed by atoms with E-state index in [-0.39, 0.29) is 5.84 Å². The van der Waals surface area contributed by atoms with Gasteiger partial charge in [-0.25, -0.2) is 0 Å². The average Bonchev–Trinajstić information content (AvgIpc) is 2.47. The van der Waals surface area contributed by atoms with Crippen molar-refractivity contribution in [3.05, 3.63) is 29.6 Å². The lowest BCUT2D eigenvalue weighted by Crippen LogP contribution is -2.41. The fourth-order valence-electron chi connectivity index (χ4n) is 2.62. The standard InChI is InChI=1S/C14H23N5O/c1-18(2)12-4-7-19(8-5-12)10-11-3-6-16-13(9-11)14(15)17-20/h3,6,9,12,20H,4-5,7-8,10H2,1-2H3,(H2,15,17). The molecule has 0 amide bonds. The molecule has 1 aromatic heterocycles. The van der Waals surface area contributed by atoms with E-state index < -0.39 is 0 Å². The molecule has 1 saturated heterocycles. The van der Waals surface area contributed by atoms with Gasteiger partial charge in [0.2, 0.25) is 0 Å². The number of amidine groups is 1. The number of rotatable bonds is 4. The van der Waals surface area contributed by atoms with E-state index in [1.807, 2.05) is 12.1 Å². The minimum absolute atomic E-state index is 0.0539. The summed E-state index contributed by atoms with van der Waals surface area (Å²) in [4.78, 5) is 8.84. The average molecular weight is 277 g/mol. The van der Waals surface area contributed by atoms with Crippen molar-refractivity contribution in [2.45, 2.75) is 25.4 Å². The lowest BCUT2D eigenvalue weighted by atomic mass is 10.0. The number of piperidine rings is 1. The third-order valence-corrected chi connectivity index (χ3v) is 3.89. The molecule has 6 nitrogen and oxygen atoms in total. The van der Waals surface area contributed by atoms with Crippen LogP contribution in [0.1, 0.15) is 24.1 Å². The van der Waals surface area contributed by atoms with Crippen molar-refractivity contribution in [1.82, 2.24) is 14.8 Å². The van der Waals surface area contributed by atoms with Gasteiger partial charge in [0.25, 0.3) is 0 Å². The summed E-state index contributed by atoms with van der Waals surface area (Å²) in [5.41, 5.74) is 7.23. The first-order valence-corrected chi connectivity index (χ1v) is 6.91. The largest absolute Gasteiger partial charge is 0.409 e. The molecule has 0 unspecified atom stereocenters. The van der Waals surface area contributed by atoms with E-state index in [0.717, 1.165) is 25.2 Å². The molecule has 3 N–H and O–H groups in total. The van der Waals surface area contributed by atoms with Crippen LogP contribution in [-0.2, 0) is 6.54 Å². The molecule has 0 aliphatic carbocycles. The topological polar surface area (TPSA) is 78.0 Å². The summed E-state index contributed by atoms with van der Waals surface area (Å²) in [6.45, 7) is 3.09. The van der Waals surface area contributed by atoms with E-state index in [0.29, 0.717) is 11.7 Å². The van der Waals surface area contributed by atoms with Gasteiger partial charge in [0, 0.05) is 18.8 Å². The minimum atomic E-state index is 0.0539. The summed E-state index contributed by atoms with van der Waals surface area (Å²) >= 11 is 0. The molecule has 1 aliphatic heterocycles. The summed E-state index contributed by atoms with van der Waals surface area (Å²) in [7, 11) is 4.29. The van der Waals surface area contributed by atoms with Crippen molar-refractivity contribution >= 4 is 5.84 Å². The van der Waals surface area contributed by atoms with Gasteiger partial charge in [-0.2, -0.15) is 0 Å². The van der Waals surface area contributed by atoms with Gasteiger partial charge in [0.15, 0.2) is 5.84 Å². The van der Waals surface area contributed by atoms with E-state index >= 15 is 0 Å². The van der Waals surface area contributed by atoms with Crippen LogP contribution in [0.15, 0.2) is 23.5 Å². The van der Waals surface area contributed by atoms with Crippen molar-refractivity contribution in [1.29, 1.82) is 0 Å². The zero-order valence-corrected chi connectivity index (χ0v) is 12.2. The Kier molecular flexibility index (Phi) is 4.92. The zero-order chi connectivity index (χ0) is 14.5. The number of likely N-dealkylation sites (tertiary alicyclic amines) is 1. The lowest BCUT2D eigenvalue weighted by molar-refractivity contribution is 0.140. The fourth-order valence-corrected chi connectivity index (χ4v) is 2.62. The van der Waals surface area contributed by atoms with Crippen LogP contribution in [-0.4, -0.2) is 59.1 Å². The number of nitrogens with two attached hydrogens (primary N) is 1. The van der Waals surface area contributed by atoms with E-state index in [4.69, 9.17) is 10.9 Å². The van der Waals surface area contributed by atoms with Gasteiger partial charge in [-0.1, -0.05) is 5.16 Å². The fraction of sp³-hybridized carbons (Fsp3) is 0.571. The molecule has 20 heavy (non-hydrogen) atoms. The summed E-state index contributed by atoms with van der Waals surface area (Å²) in [5.74, 6) is 0.0539. The van der Waals surface area contributed by atoms with E-state index in [2.05, 4.69) is 34.0 Å². The van der Waals surface area contributed by atoms with Crippen LogP contribution < -0.4 is 5.73 Å². The Hall–Kier alpha value is -1.66. The normalized spacial score (nSPS) is 18.6. The van der Waals surface area contributed by atoms with Crippen molar-refractivity contribution in [3.8, 4) is 0 Å². The maximum Gasteiger partial charge on any atom is 0.188 e. The van der Waals surface area contributed by atoms with Crippen molar-refractivity contribution in [3.63, 3.8) is 0 Å². The second-order valence-electron chi connectivity index (χ2n) is 5.51. The number of aromatic nitrogens is 1. The van der Waals surface area contributed by atoms with Crippen LogP contribution in [0.3, 0.4) is 0 Å². The van der Waals surface area contributed by atoms with E-state index in [1.54, 1.807) is 6.20 Å². The lowest BCUT2D eigenvalue weighted by Gasteiger charge is -2.35. The summed E-state index contributed by atoms with van der Waals surface area (Å²) in [6, 6.07) is 4.55. The molecule has 0 bridgehead atoms. The molecule has 2 rings (SSSR count). The number of pyridine rings is 1.